The van der Waals surface area contributed by atoms with Crippen molar-refractivity contribution in [2.75, 3.05) is 18.6 Å². The van der Waals surface area contributed by atoms with E-state index in [2.05, 4.69) is 20.2 Å². The van der Waals surface area contributed by atoms with E-state index in [4.69, 9.17) is 9.47 Å². The largest absolute Gasteiger partial charge is 0.483 e. The zero-order valence-electron chi connectivity index (χ0n) is 20.5. The van der Waals surface area contributed by atoms with Gasteiger partial charge in [0.15, 0.2) is 11.1 Å². The fraction of sp³-hybridized carbons (Fsp3) is 0.500. The van der Waals surface area contributed by atoms with Crippen molar-refractivity contribution in [2.24, 2.45) is 4.99 Å². The number of pyridine rings is 1. The second-order valence-electron chi connectivity index (χ2n) is 9.73. The van der Waals surface area contributed by atoms with Crippen LogP contribution in [0.3, 0.4) is 0 Å². The Morgan fingerprint density at radius 2 is 2.00 bits per heavy atom. The molecular formula is C24H28FN5O5S. The molecule has 0 spiro atoms. The van der Waals surface area contributed by atoms with Gasteiger partial charge in [-0.3, -0.25) is 14.7 Å². The number of ether oxygens (including phenoxy) is 2. The Labute approximate surface area is 212 Å². The maximum absolute atomic E-state index is 14.7. The van der Waals surface area contributed by atoms with Crippen molar-refractivity contribution in [1.29, 1.82) is 0 Å². The van der Waals surface area contributed by atoms with Crippen LogP contribution in [0.5, 0.6) is 0 Å². The number of methoxy groups -OCH3 is 1. The summed E-state index contributed by atoms with van der Waals surface area (Å²) < 4.78 is 25.4. The van der Waals surface area contributed by atoms with Gasteiger partial charge in [0.25, 0.3) is 0 Å². The molecule has 0 saturated heterocycles. The molecule has 3 heterocycles. The first-order valence-electron chi connectivity index (χ1n) is 11.5. The average molecular weight is 518 g/mol. The van der Waals surface area contributed by atoms with Crippen LogP contribution in [0.25, 0.3) is 0 Å². The Balaban J connectivity index is 1.63. The first-order valence-corrected chi connectivity index (χ1v) is 12.4. The summed E-state index contributed by atoms with van der Waals surface area (Å²) in [4.78, 5) is 34.7. The number of thioether (sulfide) groups is 1. The quantitative estimate of drug-likeness (QED) is 0.602. The molecule has 2 aliphatic rings. The molecule has 0 bridgehead atoms. The molecule has 2 atom stereocenters. The van der Waals surface area contributed by atoms with E-state index in [1.165, 1.54) is 24.1 Å². The molecule has 1 saturated carbocycles. The Hall–Kier alpha value is -3.28. The summed E-state index contributed by atoms with van der Waals surface area (Å²) >= 11 is 1.07. The van der Waals surface area contributed by atoms with Crippen molar-refractivity contribution in [1.82, 2.24) is 15.2 Å². The van der Waals surface area contributed by atoms with Gasteiger partial charge in [-0.1, -0.05) is 6.42 Å². The summed E-state index contributed by atoms with van der Waals surface area (Å²) in [5, 5.41) is 16.3. The number of nitrogens with zero attached hydrogens (tertiary/aromatic N) is 5. The van der Waals surface area contributed by atoms with Crippen LogP contribution in [-0.4, -0.2) is 62.8 Å². The third kappa shape index (κ3) is 5.28. The smallest absolute Gasteiger partial charge is 0.416 e. The molecule has 4 rings (SSSR count). The Kier molecular flexibility index (Phi) is 7.17. The number of aliphatic imine (C=N–C) groups is 1. The third-order valence-electron chi connectivity index (χ3n) is 6.01. The molecular weight excluding hydrogens is 489 g/mol. The number of aromatic nitrogens is 3. The molecule has 192 valence electrons. The van der Waals surface area contributed by atoms with Crippen molar-refractivity contribution in [3.05, 3.63) is 47.7 Å². The Morgan fingerprint density at radius 3 is 2.50 bits per heavy atom. The lowest BCUT2D eigenvalue weighted by molar-refractivity contribution is -0.135. The minimum absolute atomic E-state index is 0.100. The summed E-state index contributed by atoms with van der Waals surface area (Å²) in [6.07, 6.45) is 3.12. The normalized spacial score (nSPS) is 20.8. The van der Waals surface area contributed by atoms with Crippen LogP contribution < -0.4 is 4.90 Å². The van der Waals surface area contributed by atoms with E-state index in [1.54, 1.807) is 39.1 Å². The molecule has 2 aromatic rings. The van der Waals surface area contributed by atoms with Crippen LogP contribution in [0.15, 0.2) is 35.5 Å². The topological polar surface area (TPSA) is 127 Å². The highest BCUT2D eigenvalue weighted by Crippen LogP contribution is 2.45. The van der Waals surface area contributed by atoms with E-state index in [9.17, 15) is 19.1 Å². The van der Waals surface area contributed by atoms with Crippen LogP contribution in [0, 0.1) is 5.82 Å². The number of hydrogen-bond acceptors (Lipinski definition) is 9. The van der Waals surface area contributed by atoms with Gasteiger partial charge in [-0.25, -0.2) is 14.2 Å². The SMILES string of the molecule is COC1=NC(c2ccc(N(CC3(c4ncccc4F)CCC3)C(=O)OC(C)(C)C)nn2)SC1C(=O)O. The van der Waals surface area contributed by atoms with Gasteiger partial charge in [-0.15, -0.1) is 16.9 Å². The molecule has 1 aliphatic heterocycles. The van der Waals surface area contributed by atoms with E-state index in [1.807, 2.05) is 0 Å². The number of carboxylic acids is 1. The van der Waals surface area contributed by atoms with Crippen LogP contribution in [0.2, 0.25) is 0 Å². The maximum Gasteiger partial charge on any atom is 0.416 e. The Bertz CT molecular complexity index is 1170. The molecule has 12 heteroatoms. The van der Waals surface area contributed by atoms with E-state index in [-0.39, 0.29) is 18.3 Å². The molecule has 0 radical (unpaired) electrons. The summed E-state index contributed by atoms with van der Waals surface area (Å²) in [6.45, 7) is 5.40. The van der Waals surface area contributed by atoms with Gasteiger partial charge in [0, 0.05) is 18.2 Å². The minimum Gasteiger partial charge on any atom is -0.483 e. The standard InChI is InChI=1S/C24H28FN5O5S/c1-23(2,3)35-22(33)30(13-24(10-6-11-24)18-14(25)7-5-12-26-18)16-9-8-15(28-29-16)20-27-19(34-4)17(36-20)21(31)32/h5,7-9,12,17,20H,6,10-11,13H2,1-4H3,(H,31,32). The number of carboxylic acid groups (broad SMARTS) is 1. The maximum atomic E-state index is 14.7. The lowest BCUT2D eigenvalue weighted by Gasteiger charge is -2.44. The molecule has 1 fully saturated rings. The zero-order chi connectivity index (χ0) is 26.1. The van der Waals surface area contributed by atoms with Crippen LogP contribution in [0.1, 0.15) is 56.8 Å². The lowest BCUT2D eigenvalue weighted by Crippen LogP contribution is -2.50. The summed E-state index contributed by atoms with van der Waals surface area (Å²) in [5.41, 5.74) is -0.697. The van der Waals surface area contributed by atoms with Crippen molar-refractivity contribution >= 4 is 35.5 Å². The number of carbonyl (C=O) groups excluding carboxylic acids is 1. The van der Waals surface area contributed by atoms with E-state index >= 15 is 0 Å². The van der Waals surface area contributed by atoms with Gasteiger partial charge in [0.05, 0.1) is 18.5 Å². The number of amides is 1. The molecule has 1 amide bonds. The average Bonchev–Trinajstić information content (AvgIpc) is 3.23. The second kappa shape index (κ2) is 10.00. The van der Waals surface area contributed by atoms with Gasteiger partial charge in [0.2, 0.25) is 5.90 Å². The van der Waals surface area contributed by atoms with E-state index < -0.39 is 39.5 Å². The number of rotatable bonds is 6. The third-order valence-corrected chi connectivity index (χ3v) is 7.29. The summed E-state index contributed by atoms with van der Waals surface area (Å²) in [5.74, 6) is -1.15. The number of anilines is 1. The van der Waals surface area contributed by atoms with Gasteiger partial charge >= 0.3 is 12.1 Å². The number of carbonyl (C=O) groups is 2. The van der Waals surface area contributed by atoms with Gasteiger partial charge in [-0.05, 0) is 57.9 Å². The van der Waals surface area contributed by atoms with Crippen molar-refractivity contribution in [3.63, 3.8) is 0 Å². The highest BCUT2D eigenvalue weighted by Gasteiger charge is 2.45. The molecule has 2 aromatic heterocycles. The molecule has 1 N–H and O–H groups in total. The Morgan fingerprint density at radius 1 is 1.25 bits per heavy atom. The van der Waals surface area contributed by atoms with Crippen LogP contribution in [-0.2, 0) is 19.7 Å². The van der Waals surface area contributed by atoms with Gasteiger partial charge in [0.1, 0.15) is 16.8 Å². The monoisotopic (exact) mass is 517 g/mol. The zero-order valence-corrected chi connectivity index (χ0v) is 21.3. The predicted octanol–water partition coefficient (Wildman–Crippen LogP) is 4.12. The van der Waals surface area contributed by atoms with E-state index in [0.29, 0.717) is 24.2 Å². The van der Waals surface area contributed by atoms with E-state index in [0.717, 1.165) is 18.2 Å². The number of aliphatic carboxylic acids is 1. The predicted molar refractivity (Wildman–Crippen MR) is 132 cm³/mol. The summed E-state index contributed by atoms with van der Waals surface area (Å²) in [6, 6.07) is 6.14. The fourth-order valence-electron chi connectivity index (χ4n) is 4.18. The molecule has 10 nitrogen and oxygen atoms in total. The fourth-order valence-corrected chi connectivity index (χ4v) is 5.26. The highest BCUT2D eigenvalue weighted by molar-refractivity contribution is 8.01. The molecule has 0 aromatic carbocycles. The minimum atomic E-state index is -1.06. The van der Waals surface area contributed by atoms with Gasteiger partial charge in [-0.2, -0.15) is 5.10 Å². The summed E-state index contributed by atoms with van der Waals surface area (Å²) in [7, 11) is 1.37. The number of halogens is 1. The van der Waals surface area contributed by atoms with Crippen molar-refractivity contribution in [2.45, 2.75) is 61.7 Å². The molecule has 1 aliphatic carbocycles. The van der Waals surface area contributed by atoms with Crippen molar-refractivity contribution < 1.29 is 28.6 Å². The lowest BCUT2D eigenvalue weighted by atomic mass is 9.66. The van der Waals surface area contributed by atoms with Crippen LogP contribution >= 0.6 is 11.8 Å². The molecule has 2 unspecified atom stereocenters. The molecule has 36 heavy (non-hydrogen) atoms. The first kappa shape index (κ1) is 25.8. The highest BCUT2D eigenvalue weighted by atomic mass is 32.2. The second-order valence-corrected chi connectivity index (χ2v) is 10.9. The number of hydrogen-bond donors (Lipinski definition) is 1. The van der Waals surface area contributed by atoms with Crippen LogP contribution in [0.4, 0.5) is 15.0 Å². The van der Waals surface area contributed by atoms with Gasteiger partial charge < -0.3 is 14.6 Å². The van der Waals surface area contributed by atoms with Crippen molar-refractivity contribution in [3.8, 4) is 0 Å². The first-order chi connectivity index (χ1) is 17.0.